The molecule has 64 valence electrons. The van der Waals surface area contributed by atoms with Crippen LogP contribution in [0.1, 0.15) is 40.0 Å². The first-order valence-corrected chi connectivity index (χ1v) is 4.10. The lowest BCUT2D eigenvalue weighted by atomic mass is 9.99. The van der Waals surface area contributed by atoms with E-state index in [0.717, 1.165) is 6.42 Å². The van der Waals surface area contributed by atoms with Crippen molar-refractivity contribution < 1.29 is 9.59 Å². The van der Waals surface area contributed by atoms with Crippen LogP contribution in [0.15, 0.2) is 0 Å². The first-order chi connectivity index (χ1) is 5.07. The van der Waals surface area contributed by atoms with E-state index in [-0.39, 0.29) is 17.5 Å². The number of carbonyl (C=O) groups is 2. The first kappa shape index (κ1) is 10.3. The summed E-state index contributed by atoms with van der Waals surface area (Å²) < 4.78 is 0. The number of hydrogen-bond acceptors (Lipinski definition) is 2. The Balaban J connectivity index is 3.66. The highest BCUT2D eigenvalue weighted by Gasteiger charge is 2.11. The molecule has 0 aromatic carbocycles. The van der Waals surface area contributed by atoms with Crippen molar-refractivity contribution in [3.8, 4) is 0 Å². The van der Waals surface area contributed by atoms with Gasteiger partial charge in [-0.25, -0.2) is 0 Å². The summed E-state index contributed by atoms with van der Waals surface area (Å²) in [6.07, 6.45) is 1.91. The maximum absolute atomic E-state index is 11.0. The average Bonchev–Trinajstić information content (AvgIpc) is 1.87. The Labute approximate surface area is 68.0 Å². The van der Waals surface area contributed by atoms with E-state index in [1.54, 1.807) is 6.92 Å². The van der Waals surface area contributed by atoms with E-state index in [9.17, 15) is 9.59 Å². The molecule has 0 N–H and O–H groups in total. The summed E-state index contributed by atoms with van der Waals surface area (Å²) in [5.41, 5.74) is 0. The molecule has 0 heterocycles. The molecule has 2 heteroatoms. The molecule has 0 aliphatic heterocycles. The fourth-order valence-corrected chi connectivity index (χ4v) is 0.866. The Morgan fingerprint density at radius 2 is 1.91 bits per heavy atom. The highest BCUT2D eigenvalue weighted by molar-refractivity contribution is 5.86. The Morgan fingerprint density at radius 1 is 1.36 bits per heavy atom. The van der Waals surface area contributed by atoms with Crippen molar-refractivity contribution in [3.63, 3.8) is 0 Å². The molecule has 0 bridgehead atoms. The minimum atomic E-state index is -0.0888. The monoisotopic (exact) mass is 156 g/mol. The Morgan fingerprint density at radius 3 is 2.27 bits per heavy atom. The van der Waals surface area contributed by atoms with Gasteiger partial charge >= 0.3 is 0 Å². The lowest BCUT2D eigenvalue weighted by molar-refractivity contribution is -0.126. The standard InChI is InChI=1S/C9H16O2/c1-4-5-9(11)6-7(2)8(3)10/h7H,4-6H2,1-3H3. The molecule has 0 aromatic heterocycles. The van der Waals surface area contributed by atoms with Crippen LogP contribution in [0.2, 0.25) is 0 Å². The van der Waals surface area contributed by atoms with Gasteiger partial charge in [-0.05, 0) is 13.3 Å². The fraction of sp³-hybridized carbons (Fsp3) is 0.778. The third-order valence-corrected chi connectivity index (χ3v) is 1.76. The summed E-state index contributed by atoms with van der Waals surface area (Å²) in [6.45, 7) is 5.30. The summed E-state index contributed by atoms with van der Waals surface area (Å²) >= 11 is 0. The van der Waals surface area contributed by atoms with Gasteiger partial charge in [0.1, 0.15) is 11.6 Å². The van der Waals surface area contributed by atoms with Gasteiger partial charge < -0.3 is 0 Å². The maximum atomic E-state index is 11.0. The molecule has 0 saturated carbocycles. The summed E-state index contributed by atoms with van der Waals surface area (Å²) in [6, 6.07) is 0. The van der Waals surface area contributed by atoms with Crippen LogP contribution in [0.3, 0.4) is 0 Å². The van der Waals surface area contributed by atoms with Crippen LogP contribution in [0.5, 0.6) is 0 Å². The van der Waals surface area contributed by atoms with Crippen molar-refractivity contribution >= 4 is 11.6 Å². The molecule has 0 spiro atoms. The van der Waals surface area contributed by atoms with Gasteiger partial charge in [0.25, 0.3) is 0 Å². The number of rotatable bonds is 5. The van der Waals surface area contributed by atoms with Crippen molar-refractivity contribution in [3.05, 3.63) is 0 Å². The number of Topliss-reactive ketones (excluding diaryl/α,β-unsaturated/α-hetero) is 2. The Hall–Kier alpha value is -0.660. The second-order valence-corrected chi connectivity index (χ2v) is 3.00. The van der Waals surface area contributed by atoms with Crippen LogP contribution < -0.4 is 0 Å². The highest BCUT2D eigenvalue weighted by atomic mass is 16.1. The molecular formula is C9H16O2. The number of ketones is 2. The van der Waals surface area contributed by atoms with E-state index in [1.165, 1.54) is 6.92 Å². The third-order valence-electron chi connectivity index (χ3n) is 1.76. The molecule has 0 amide bonds. The second kappa shape index (κ2) is 5.05. The van der Waals surface area contributed by atoms with Crippen molar-refractivity contribution in [2.75, 3.05) is 0 Å². The van der Waals surface area contributed by atoms with E-state index in [0.29, 0.717) is 12.8 Å². The minimum absolute atomic E-state index is 0.0888. The van der Waals surface area contributed by atoms with Crippen molar-refractivity contribution in [2.24, 2.45) is 5.92 Å². The zero-order valence-corrected chi connectivity index (χ0v) is 7.52. The molecule has 11 heavy (non-hydrogen) atoms. The maximum Gasteiger partial charge on any atom is 0.133 e. The van der Waals surface area contributed by atoms with Gasteiger partial charge in [-0.1, -0.05) is 13.8 Å². The van der Waals surface area contributed by atoms with Gasteiger partial charge in [0, 0.05) is 18.8 Å². The largest absolute Gasteiger partial charge is 0.300 e. The quantitative estimate of drug-likeness (QED) is 0.609. The number of hydrogen-bond donors (Lipinski definition) is 0. The summed E-state index contributed by atoms with van der Waals surface area (Å²) in [5, 5.41) is 0. The van der Waals surface area contributed by atoms with E-state index >= 15 is 0 Å². The van der Waals surface area contributed by atoms with Gasteiger partial charge in [-0.3, -0.25) is 9.59 Å². The van der Waals surface area contributed by atoms with Crippen LogP contribution >= 0.6 is 0 Å². The van der Waals surface area contributed by atoms with Gasteiger partial charge in [-0.2, -0.15) is 0 Å². The van der Waals surface area contributed by atoms with E-state index in [4.69, 9.17) is 0 Å². The smallest absolute Gasteiger partial charge is 0.133 e. The molecule has 0 saturated heterocycles. The highest BCUT2D eigenvalue weighted by Crippen LogP contribution is 2.06. The molecular weight excluding hydrogens is 140 g/mol. The van der Waals surface area contributed by atoms with Gasteiger partial charge in [-0.15, -0.1) is 0 Å². The van der Waals surface area contributed by atoms with Gasteiger partial charge in [0.2, 0.25) is 0 Å². The number of carbonyl (C=O) groups excluding carboxylic acids is 2. The summed E-state index contributed by atoms with van der Waals surface area (Å²) in [4.78, 5) is 21.7. The molecule has 0 radical (unpaired) electrons. The van der Waals surface area contributed by atoms with Gasteiger partial charge in [0.05, 0.1) is 0 Å². The first-order valence-electron chi connectivity index (χ1n) is 4.10. The zero-order chi connectivity index (χ0) is 8.85. The fourth-order valence-electron chi connectivity index (χ4n) is 0.866. The van der Waals surface area contributed by atoms with Crippen LogP contribution in [-0.2, 0) is 9.59 Å². The van der Waals surface area contributed by atoms with Gasteiger partial charge in [0.15, 0.2) is 0 Å². The van der Waals surface area contributed by atoms with Crippen LogP contribution in [-0.4, -0.2) is 11.6 Å². The third kappa shape index (κ3) is 4.71. The SMILES string of the molecule is CCCC(=O)CC(C)C(C)=O. The van der Waals surface area contributed by atoms with Crippen molar-refractivity contribution in [1.82, 2.24) is 0 Å². The predicted octanol–water partition coefficient (Wildman–Crippen LogP) is 1.97. The predicted molar refractivity (Wildman–Crippen MR) is 44.4 cm³/mol. The second-order valence-electron chi connectivity index (χ2n) is 3.00. The molecule has 0 aliphatic carbocycles. The molecule has 1 unspecified atom stereocenters. The average molecular weight is 156 g/mol. The lowest BCUT2D eigenvalue weighted by Crippen LogP contribution is -2.11. The summed E-state index contributed by atoms with van der Waals surface area (Å²) in [5.74, 6) is 0.221. The molecule has 2 nitrogen and oxygen atoms in total. The molecule has 0 rings (SSSR count). The van der Waals surface area contributed by atoms with E-state index in [2.05, 4.69) is 0 Å². The van der Waals surface area contributed by atoms with Crippen molar-refractivity contribution in [1.29, 1.82) is 0 Å². The molecule has 0 aromatic rings. The van der Waals surface area contributed by atoms with E-state index in [1.807, 2.05) is 6.92 Å². The summed E-state index contributed by atoms with van der Waals surface area (Å²) in [7, 11) is 0. The van der Waals surface area contributed by atoms with Crippen molar-refractivity contribution in [2.45, 2.75) is 40.0 Å². The Kier molecular flexibility index (Phi) is 4.75. The minimum Gasteiger partial charge on any atom is -0.300 e. The molecule has 1 atom stereocenters. The van der Waals surface area contributed by atoms with Crippen LogP contribution in [0.25, 0.3) is 0 Å². The Bertz CT molecular complexity index is 150. The normalized spacial score (nSPS) is 12.6. The van der Waals surface area contributed by atoms with Crippen LogP contribution in [0, 0.1) is 5.92 Å². The van der Waals surface area contributed by atoms with Crippen LogP contribution in [0.4, 0.5) is 0 Å². The van der Waals surface area contributed by atoms with E-state index < -0.39 is 0 Å². The topological polar surface area (TPSA) is 34.1 Å². The molecule has 0 fully saturated rings. The molecule has 0 aliphatic rings. The lowest BCUT2D eigenvalue weighted by Gasteiger charge is -2.04. The zero-order valence-electron chi connectivity index (χ0n) is 7.52.